The molecule has 0 aliphatic heterocycles. The summed E-state index contributed by atoms with van der Waals surface area (Å²) in [5, 5.41) is 18.6. The average molecular weight is 437 g/mol. The Morgan fingerprint density at radius 1 is 1.29 bits per heavy atom. The first-order valence-corrected chi connectivity index (χ1v) is 10.8. The van der Waals surface area contributed by atoms with Crippen LogP contribution in [0.2, 0.25) is 0 Å². The van der Waals surface area contributed by atoms with Crippen molar-refractivity contribution >= 4 is 11.8 Å². The number of hydrogen-bond acceptors (Lipinski definition) is 6. The fourth-order valence-electron chi connectivity index (χ4n) is 3.20. The number of halogens is 1. The lowest BCUT2D eigenvalue weighted by atomic mass is 10.1. The number of allylic oxidation sites excluding steroid dienone is 1. The van der Waals surface area contributed by atoms with Crippen molar-refractivity contribution in [1.82, 2.24) is 19.7 Å². The van der Waals surface area contributed by atoms with Crippen LogP contribution in [-0.4, -0.2) is 36.7 Å². The zero-order valence-electron chi connectivity index (χ0n) is 16.7. The third-order valence-corrected chi connectivity index (χ3v) is 5.85. The van der Waals surface area contributed by atoms with Crippen molar-refractivity contribution in [3.63, 3.8) is 0 Å². The summed E-state index contributed by atoms with van der Waals surface area (Å²) < 4.78 is 21.9. The molecule has 158 valence electrons. The van der Waals surface area contributed by atoms with Crippen LogP contribution in [0.1, 0.15) is 30.7 Å². The highest BCUT2D eigenvalue weighted by Crippen LogP contribution is 2.31. The molecule has 0 radical (unpaired) electrons. The van der Waals surface area contributed by atoms with Crippen LogP contribution < -0.4 is 4.74 Å². The first-order valence-electron chi connectivity index (χ1n) is 9.94. The van der Waals surface area contributed by atoms with Gasteiger partial charge >= 0.3 is 0 Å². The maximum absolute atomic E-state index is 14.2. The zero-order chi connectivity index (χ0) is 21.5. The molecule has 1 unspecified atom stereocenters. The molecule has 8 heteroatoms. The highest BCUT2D eigenvalue weighted by molar-refractivity contribution is 7.99. The third-order valence-electron chi connectivity index (χ3n) is 4.68. The Bertz CT molecular complexity index is 1120. The Morgan fingerprint density at radius 2 is 2.23 bits per heavy atom. The van der Waals surface area contributed by atoms with Crippen molar-refractivity contribution in [1.29, 1.82) is 0 Å². The Morgan fingerprint density at radius 3 is 2.97 bits per heavy atom. The Labute approximate surface area is 184 Å². The van der Waals surface area contributed by atoms with Crippen LogP contribution in [0.25, 0.3) is 5.69 Å². The van der Waals surface area contributed by atoms with E-state index in [2.05, 4.69) is 39.2 Å². The van der Waals surface area contributed by atoms with Gasteiger partial charge in [0.25, 0.3) is 0 Å². The number of aromatic nitrogens is 4. The minimum absolute atomic E-state index is 0.115. The van der Waals surface area contributed by atoms with Gasteiger partial charge in [0.1, 0.15) is 24.8 Å². The predicted molar refractivity (Wildman–Crippen MR) is 116 cm³/mol. The number of hydrogen-bond donors (Lipinski definition) is 1. The molecule has 0 saturated carbocycles. The molecule has 0 fully saturated rings. The van der Waals surface area contributed by atoms with Gasteiger partial charge in [-0.2, -0.15) is 0 Å². The summed E-state index contributed by atoms with van der Waals surface area (Å²) in [6, 6.07) is 8.23. The van der Waals surface area contributed by atoms with E-state index in [1.165, 1.54) is 12.1 Å². The molecule has 0 amide bonds. The maximum atomic E-state index is 14.2. The number of aliphatic hydroxyl groups excluding tert-OH is 1. The molecular formula is C23H21FN4O2S. The van der Waals surface area contributed by atoms with Gasteiger partial charge in [-0.3, -0.25) is 9.55 Å². The van der Waals surface area contributed by atoms with Crippen LogP contribution in [0.5, 0.6) is 5.75 Å². The summed E-state index contributed by atoms with van der Waals surface area (Å²) in [6.07, 6.45) is 11.3. The molecule has 6 nitrogen and oxygen atoms in total. The fourth-order valence-corrected chi connectivity index (χ4v) is 4.35. The number of thioether (sulfide) groups is 1. The quantitative estimate of drug-likeness (QED) is 0.466. The highest BCUT2D eigenvalue weighted by Gasteiger charge is 2.19. The van der Waals surface area contributed by atoms with Crippen LogP contribution in [0.15, 0.2) is 60.0 Å². The van der Waals surface area contributed by atoms with Crippen LogP contribution in [0.3, 0.4) is 0 Å². The van der Waals surface area contributed by atoms with Gasteiger partial charge in [-0.1, -0.05) is 35.8 Å². The molecule has 31 heavy (non-hydrogen) atoms. The molecule has 1 aliphatic rings. The van der Waals surface area contributed by atoms with E-state index in [1.54, 1.807) is 30.2 Å². The van der Waals surface area contributed by atoms with Crippen molar-refractivity contribution in [2.24, 2.45) is 0 Å². The number of rotatable bonds is 6. The largest absolute Gasteiger partial charge is 0.485 e. The lowest BCUT2D eigenvalue weighted by molar-refractivity contribution is 0.291. The highest BCUT2D eigenvalue weighted by atomic mass is 32.2. The average Bonchev–Trinajstić information content (AvgIpc) is 3.20. The number of aliphatic hydroxyl groups is 1. The lowest BCUT2D eigenvalue weighted by Crippen LogP contribution is -2.09. The maximum Gasteiger partial charge on any atom is 0.196 e. The van der Waals surface area contributed by atoms with E-state index in [9.17, 15) is 4.39 Å². The summed E-state index contributed by atoms with van der Waals surface area (Å²) in [5.41, 5.74) is 1.05. The van der Waals surface area contributed by atoms with Crippen molar-refractivity contribution in [3.8, 4) is 23.3 Å². The summed E-state index contributed by atoms with van der Waals surface area (Å²) in [7, 11) is 0. The summed E-state index contributed by atoms with van der Waals surface area (Å²) in [6.45, 7) is -0.206. The molecule has 1 aliphatic carbocycles. The molecule has 1 aromatic carbocycles. The topological polar surface area (TPSA) is 73.1 Å². The van der Waals surface area contributed by atoms with E-state index in [-0.39, 0.29) is 18.8 Å². The van der Waals surface area contributed by atoms with Crippen molar-refractivity contribution in [2.45, 2.75) is 36.3 Å². The van der Waals surface area contributed by atoms with Gasteiger partial charge in [-0.05, 0) is 43.5 Å². The van der Waals surface area contributed by atoms with Crippen LogP contribution in [0.4, 0.5) is 4.39 Å². The number of benzene rings is 1. The summed E-state index contributed by atoms with van der Waals surface area (Å²) in [5.74, 6) is 5.45. The SMILES string of the molecule is OCC#Cc1ccc(OCc2nnc(SC3C=CCCC3)n2-c2cccnc2)cc1F. The molecule has 2 heterocycles. The lowest BCUT2D eigenvalue weighted by Gasteiger charge is -2.16. The van der Waals surface area contributed by atoms with Gasteiger partial charge in [0.15, 0.2) is 11.0 Å². The van der Waals surface area contributed by atoms with E-state index in [0.717, 1.165) is 30.1 Å². The molecule has 0 saturated heterocycles. The van der Waals surface area contributed by atoms with Crippen molar-refractivity contribution in [2.75, 3.05) is 6.61 Å². The Hall–Kier alpha value is -3.15. The zero-order valence-corrected chi connectivity index (χ0v) is 17.6. The minimum Gasteiger partial charge on any atom is -0.485 e. The standard InChI is InChI=1S/C23H21FN4O2S/c24-21-14-19(11-10-17(21)6-5-13-29)30-16-22-26-27-23(31-20-8-2-1-3-9-20)28(22)18-7-4-12-25-15-18/h2,4,7-8,10-12,14-15,20,29H,1,3,9,13,16H2. The molecular weight excluding hydrogens is 415 g/mol. The molecule has 4 rings (SSSR count). The predicted octanol–water partition coefficient (Wildman–Crippen LogP) is 3.93. The molecule has 0 bridgehead atoms. The molecule has 2 aromatic heterocycles. The van der Waals surface area contributed by atoms with Gasteiger partial charge < -0.3 is 9.84 Å². The summed E-state index contributed by atoms with van der Waals surface area (Å²) in [4.78, 5) is 4.21. The monoisotopic (exact) mass is 436 g/mol. The van der Waals surface area contributed by atoms with Gasteiger partial charge in [0.05, 0.1) is 17.4 Å². The van der Waals surface area contributed by atoms with Crippen LogP contribution in [0, 0.1) is 17.7 Å². The first kappa shape index (κ1) is 21.1. The second kappa shape index (κ2) is 10.2. The smallest absolute Gasteiger partial charge is 0.196 e. The Kier molecular flexibility index (Phi) is 6.97. The second-order valence-corrected chi connectivity index (χ2v) is 8.06. The van der Waals surface area contributed by atoms with E-state index >= 15 is 0 Å². The van der Waals surface area contributed by atoms with Gasteiger partial charge in [-0.15, -0.1) is 10.2 Å². The minimum atomic E-state index is -0.507. The first-order chi connectivity index (χ1) is 15.2. The molecule has 0 spiro atoms. The third kappa shape index (κ3) is 5.32. The van der Waals surface area contributed by atoms with E-state index in [4.69, 9.17) is 9.84 Å². The van der Waals surface area contributed by atoms with E-state index < -0.39 is 5.82 Å². The van der Waals surface area contributed by atoms with Crippen molar-refractivity contribution in [3.05, 3.63) is 72.1 Å². The van der Waals surface area contributed by atoms with Crippen molar-refractivity contribution < 1.29 is 14.2 Å². The molecule has 3 aromatic rings. The Balaban J connectivity index is 1.56. The fraction of sp³-hybridized carbons (Fsp3) is 0.261. The second-order valence-electron chi connectivity index (χ2n) is 6.85. The number of pyridine rings is 1. The van der Waals surface area contributed by atoms with Gasteiger partial charge in [0.2, 0.25) is 0 Å². The molecule has 1 atom stereocenters. The summed E-state index contributed by atoms with van der Waals surface area (Å²) >= 11 is 1.66. The van der Waals surface area contributed by atoms with E-state index in [0.29, 0.717) is 16.8 Å². The number of ether oxygens (including phenoxy) is 1. The normalized spacial score (nSPS) is 15.4. The van der Waals surface area contributed by atoms with E-state index in [1.807, 2.05) is 16.7 Å². The number of nitrogens with zero attached hydrogens (tertiary/aromatic N) is 4. The van der Waals surface area contributed by atoms with Crippen LogP contribution >= 0.6 is 11.8 Å². The van der Waals surface area contributed by atoms with Gasteiger partial charge in [-0.25, -0.2) is 4.39 Å². The van der Waals surface area contributed by atoms with Crippen LogP contribution in [-0.2, 0) is 6.61 Å². The van der Waals surface area contributed by atoms with Gasteiger partial charge in [0, 0.05) is 17.5 Å². The molecule has 1 N–H and O–H groups in total.